The zero-order valence-corrected chi connectivity index (χ0v) is 8.89. The van der Waals surface area contributed by atoms with Gasteiger partial charge in [-0.1, -0.05) is 6.92 Å². The van der Waals surface area contributed by atoms with Gasteiger partial charge in [0.1, 0.15) is 0 Å². The highest BCUT2D eigenvalue weighted by atomic mass is 32.2. The summed E-state index contributed by atoms with van der Waals surface area (Å²) >= 11 is 0. The molecule has 2 N–H and O–H groups in total. The molecule has 0 aromatic rings. The van der Waals surface area contributed by atoms with Gasteiger partial charge in [-0.2, -0.15) is 0 Å². The van der Waals surface area contributed by atoms with Gasteiger partial charge in [0.05, 0.1) is 5.25 Å². The summed E-state index contributed by atoms with van der Waals surface area (Å²) in [6, 6.07) is 0. The molecule has 0 radical (unpaired) electrons. The van der Waals surface area contributed by atoms with E-state index in [9.17, 15) is 8.42 Å². The lowest BCUT2D eigenvalue weighted by Crippen LogP contribution is -2.35. The third-order valence-corrected chi connectivity index (χ3v) is 4.74. The molecule has 0 spiro atoms. The highest BCUT2D eigenvalue weighted by molar-refractivity contribution is 7.90. The molecule has 0 unspecified atom stereocenters. The van der Waals surface area contributed by atoms with Gasteiger partial charge in [0.2, 0.25) is 10.0 Å². The first-order chi connectivity index (χ1) is 6.12. The highest BCUT2D eigenvalue weighted by Crippen LogP contribution is 2.30. The third-order valence-electron chi connectivity index (χ3n) is 2.27. The first-order valence-corrected chi connectivity index (χ1v) is 6.32. The Morgan fingerprint density at radius 1 is 1.46 bits per heavy atom. The molecule has 5 heteroatoms. The van der Waals surface area contributed by atoms with E-state index in [4.69, 9.17) is 5.73 Å². The number of hydrogen-bond donors (Lipinski definition) is 1. The molecule has 78 valence electrons. The van der Waals surface area contributed by atoms with Crippen LogP contribution in [0.2, 0.25) is 0 Å². The monoisotopic (exact) mass is 206 g/mol. The molecule has 0 saturated heterocycles. The van der Waals surface area contributed by atoms with Gasteiger partial charge in [0.25, 0.3) is 0 Å². The van der Waals surface area contributed by atoms with Gasteiger partial charge in [-0.25, -0.2) is 12.7 Å². The molecule has 0 aliphatic heterocycles. The Kier molecular flexibility index (Phi) is 3.70. The smallest absolute Gasteiger partial charge is 0.216 e. The van der Waals surface area contributed by atoms with Gasteiger partial charge in [0.15, 0.2) is 0 Å². The predicted molar refractivity (Wildman–Crippen MR) is 52.9 cm³/mol. The van der Waals surface area contributed by atoms with Crippen LogP contribution in [0, 0.1) is 0 Å². The van der Waals surface area contributed by atoms with Crippen molar-refractivity contribution in [3.05, 3.63) is 0 Å². The van der Waals surface area contributed by atoms with E-state index in [0.29, 0.717) is 19.6 Å². The van der Waals surface area contributed by atoms with E-state index in [1.807, 2.05) is 6.92 Å². The summed E-state index contributed by atoms with van der Waals surface area (Å²) in [5.41, 5.74) is 5.35. The second-order valence-corrected chi connectivity index (χ2v) is 5.59. The van der Waals surface area contributed by atoms with Crippen molar-refractivity contribution in [2.75, 3.05) is 19.6 Å². The summed E-state index contributed by atoms with van der Waals surface area (Å²) in [5, 5.41) is -0.0924. The maximum absolute atomic E-state index is 11.7. The first-order valence-electron chi connectivity index (χ1n) is 4.82. The lowest BCUT2D eigenvalue weighted by molar-refractivity contribution is 0.422. The predicted octanol–water partition coefficient (Wildman–Crippen LogP) is 0.149. The molecule has 1 rings (SSSR count). The second-order valence-electron chi connectivity index (χ2n) is 3.38. The van der Waals surface area contributed by atoms with Crippen LogP contribution in [0.15, 0.2) is 0 Å². The van der Waals surface area contributed by atoms with E-state index in [0.717, 1.165) is 19.3 Å². The van der Waals surface area contributed by atoms with E-state index < -0.39 is 10.0 Å². The second kappa shape index (κ2) is 4.39. The van der Waals surface area contributed by atoms with Crippen LogP contribution in [-0.2, 0) is 10.0 Å². The normalized spacial score (nSPS) is 18.1. The summed E-state index contributed by atoms with van der Waals surface area (Å²) in [5.74, 6) is 0. The molecule has 13 heavy (non-hydrogen) atoms. The van der Waals surface area contributed by atoms with Crippen LogP contribution in [0.3, 0.4) is 0 Å². The van der Waals surface area contributed by atoms with Crippen molar-refractivity contribution in [3.8, 4) is 0 Å². The van der Waals surface area contributed by atoms with Crippen LogP contribution in [0.5, 0.6) is 0 Å². The molecule has 1 saturated carbocycles. The molecule has 1 aliphatic carbocycles. The largest absolute Gasteiger partial charge is 0.330 e. The fourth-order valence-corrected chi connectivity index (χ4v) is 3.21. The maximum Gasteiger partial charge on any atom is 0.216 e. The van der Waals surface area contributed by atoms with Gasteiger partial charge in [-0.3, -0.25) is 0 Å². The van der Waals surface area contributed by atoms with E-state index in [1.54, 1.807) is 4.31 Å². The van der Waals surface area contributed by atoms with E-state index in [2.05, 4.69) is 0 Å². The SMILES string of the molecule is CCN(CCCN)S(=O)(=O)C1CC1. The van der Waals surface area contributed by atoms with E-state index in [-0.39, 0.29) is 5.25 Å². The maximum atomic E-state index is 11.7. The standard InChI is InChI=1S/C8H18N2O2S/c1-2-10(7-3-6-9)13(11,12)8-4-5-8/h8H,2-7,9H2,1H3. The number of nitrogens with two attached hydrogens (primary N) is 1. The van der Waals surface area contributed by atoms with Crippen molar-refractivity contribution >= 4 is 10.0 Å². The highest BCUT2D eigenvalue weighted by Gasteiger charge is 2.39. The molecule has 0 heterocycles. The minimum absolute atomic E-state index is 0.0924. The minimum Gasteiger partial charge on any atom is -0.330 e. The van der Waals surface area contributed by atoms with Crippen LogP contribution < -0.4 is 5.73 Å². The average Bonchev–Trinajstić information content (AvgIpc) is 2.87. The Labute approximate surface area is 80.1 Å². The Hall–Kier alpha value is -0.130. The van der Waals surface area contributed by atoms with Crippen LogP contribution >= 0.6 is 0 Å². The zero-order valence-electron chi connectivity index (χ0n) is 8.07. The Morgan fingerprint density at radius 3 is 2.46 bits per heavy atom. The number of rotatable bonds is 6. The fourth-order valence-electron chi connectivity index (χ4n) is 1.31. The Bertz CT molecular complexity index is 247. The minimum atomic E-state index is -2.97. The quantitative estimate of drug-likeness (QED) is 0.673. The molecule has 0 amide bonds. The molecular weight excluding hydrogens is 188 g/mol. The zero-order chi connectivity index (χ0) is 9.90. The molecular formula is C8H18N2O2S. The van der Waals surface area contributed by atoms with Crippen molar-refractivity contribution in [2.24, 2.45) is 5.73 Å². The molecule has 1 aliphatic rings. The first kappa shape index (κ1) is 10.9. The Balaban J connectivity index is 2.53. The summed E-state index contributed by atoms with van der Waals surface area (Å²) in [6.45, 7) is 3.57. The number of sulfonamides is 1. The fraction of sp³-hybridized carbons (Fsp3) is 1.00. The van der Waals surface area contributed by atoms with Gasteiger partial charge in [-0.15, -0.1) is 0 Å². The third kappa shape index (κ3) is 2.65. The molecule has 0 atom stereocenters. The van der Waals surface area contributed by atoms with Crippen molar-refractivity contribution in [1.82, 2.24) is 4.31 Å². The van der Waals surface area contributed by atoms with Crippen molar-refractivity contribution in [3.63, 3.8) is 0 Å². The summed E-state index contributed by atoms with van der Waals surface area (Å²) in [6.07, 6.45) is 2.42. The Morgan fingerprint density at radius 2 is 2.08 bits per heavy atom. The molecule has 4 nitrogen and oxygen atoms in total. The molecule has 0 aromatic heterocycles. The van der Waals surface area contributed by atoms with Gasteiger partial charge in [-0.05, 0) is 25.8 Å². The van der Waals surface area contributed by atoms with E-state index >= 15 is 0 Å². The van der Waals surface area contributed by atoms with E-state index in [1.165, 1.54) is 0 Å². The summed E-state index contributed by atoms with van der Waals surface area (Å²) < 4.78 is 25.0. The topological polar surface area (TPSA) is 63.4 Å². The summed E-state index contributed by atoms with van der Waals surface area (Å²) in [7, 11) is -2.97. The van der Waals surface area contributed by atoms with Gasteiger partial charge in [0, 0.05) is 13.1 Å². The number of nitrogens with zero attached hydrogens (tertiary/aromatic N) is 1. The lowest BCUT2D eigenvalue weighted by atomic mass is 10.4. The molecule has 0 aromatic carbocycles. The molecule has 1 fully saturated rings. The van der Waals surface area contributed by atoms with Crippen LogP contribution in [-0.4, -0.2) is 37.6 Å². The van der Waals surface area contributed by atoms with Gasteiger partial charge < -0.3 is 5.73 Å². The average molecular weight is 206 g/mol. The van der Waals surface area contributed by atoms with Crippen LogP contribution in [0.25, 0.3) is 0 Å². The van der Waals surface area contributed by atoms with Crippen LogP contribution in [0.1, 0.15) is 26.2 Å². The van der Waals surface area contributed by atoms with Crippen molar-refractivity contribution < 1.29 is 8.42 Å². The number of hydrogen-bond acceptors (Lipinski definition) is 3. The lowest BCUT2D eigenvalue weighted by Gasteiger charge is -2.19. The van der Waals surface area contributed by atoms with Crippen molar-refractivity contribution in [1.29, 1.82) is 0 Å². The van der Waals surface area contributed by atoms with Gasteiger partial charge >= 0.3 is 0 Å². The van der Waals surface area contributed by atoms with Crippen molar-refractivity contribution in [2.45, 2.75) is 31.4 Å². The summed E-state index contributed by atoms with van der Waals surface area (Å²) in [4.78, 5) is 0. The molecule has 0 bridgehead atoms. The van der Waals surface area contributed by atoms with Crippen LogP contribution in [0.4, 0.5) is 0 Å².